The zero-order chi connectivity index (χ0) is 30.4. The molecule has 0 radical (unpaired) electrons. The van der Waals surface area contributed by atoms with Gasteiger partial charge in [0.25, 0.3) is 0 Å². The van der Waals surface area contributed by atoms with E-state index in [1.165, 1.54) is 23.9 Å². The molecular formula is C30H34ClF2N5O4. The van der Waals surface area contributed by atoms with Crippen LogP contribution in [0.3, 0.4) is 0 Å². The number of carbonyl (C=O) groups excluding carboxylic acids is 2. The standard InChI is InChI=1S/C30H34ClF2N5O4/c1-18-13-25(35-38(18)28(40)42-29(2,3)4)37-17-20-14-30(27(39)41-5,15-23-22(32)9-10-24(37)34-23)11-12-36(20)16-19-7-6-8-21(31)26(19)33/h6-10,13,20H,11-12,14-17H2,1-5H3. The molecule has 2 unspecified atom stereocenters. The molecule has 2 aromatic heterocycles. The maximum absolute atomic E-state index is 15.1. The van der Waals surface area contributed by atoms with Crippen LogP contribution in [-0.2, 0) is 27.2 Å². The summed E-state index contributed by atoms with van der Waals surface area (Å²) in [6.07, 6.45) is 0.0949. The highest BCUT2D eigenvalue weighted by molar-refractivity contribution is 6.30. The molecule has 4 bridgehead atoms. The minimum Gasteiger partial charge on any atom is -0.469 e. The lowest BCUT2D eigenvalue weighted by molar-refractivity contribution is -0.157. The first-order chi connectivity index (χ1) is 19.8. The van der Waals surface area contributed by atoms with Crippen LogP contribution in [-0.4, -0.2) is 63.6 Å². The summed E-state index contributed by atoms with van der Waals surface area (Å²) >= 11 is 6.07. The number of carbonyl (C=O) groups is 2. The van der Waals surface area contributed by atoms with E-state index in [4.69, 9.17) is 21.1 Å². The van der Waals surface area contributed by atoms with E-state index in [9.17, 15) is 14.0 Å². The fourth-order valence-corrected chi connectivity index (χ4v) is 5.99. The van der Waals surface area contributed by atoms with Crippen molar-refractivity contribution in [3.05, 3.63) is 70.0 Å². The number of aryl methyl sites for hydroxylation is 1. The highest BCUT2D eigenvalue weighted by Crippen LogP contribution is 2.43. The number of nitrogens with zero attached hydrogens (tertiary/aromatic N) is 5. The summed E-state index contributed by atoms with van der Waals surface area (Å²) < 4.78 is 42.0. The molecule has 42 heavy (non-hydrogen) atoms. The van der Waals surface area contributed by atoms with Gasteiger partial charge in [0.15, 0.2) is 5.82 Å². The van der Waals surface area contributed by atoms with Crippen LogP contribution < -0.4 is 4.90 Å². The summed E-state index contributed by atoms with van der Waals surface area (Å²) in [5.74, 6) is -0.661. The monoisotopic (exact) mass is 601 g/mol. The van der Waals surface area contributed by atoms with Crippen molar-refractivity contribution in [2.75, 3.05) is 25.1 Å². The van der Waals surface area contributed by atoms with Gasteiger partial charge in [0, 0.05) is 42.9 Å². The van der Waals surface area contributed by atoms with E-state index >= 15 is 4.39 Å². The van der Waals surface area contributed by atoms with Crippen molar-refractivity contribution in [3.63, 3.8) is 0 Å². The molecule has 1 fully saturated rings. The topological polar surface area (TPSA) is 89.8 Å². The number of ether oxygens (including phenoxy) is 2. The van der Waals surface area contributed by atoms with Gasteiger partial charge in [0.1, 0.15) is 23.1 Å². The quantitative estimate of drug-likeness (QED) is 0.346. The van der Waals surface area contributed by atoms with Crippen molar-refractivity contribution < 1.29 is 27.8 Å². The average molecular weight is 602 g/mol. The Morgan fingerprint density at radius 3 is 2.64 bits per heavy atom. The van der Waals surface area contributed by atoms with Gasteiger partial charge in [-0.3, -0.25) is 9.69 Å². The molecule has 0 spiro atoms. The van der Waals surface area contributed by atoms with Crippen molar-refractivity contribution in [1.29, 1.82) is 0 Å². The SMILES string of the molecule is COC(=O)C12CCN(Cc3cccc(Cl)c3F)C(CN(c3cc(C)n(C(=O)OC(C)(C)C)n3)c3ccc(F)c(n3)C1)C2. The van der Waals surface area contributed by atoms with E-state index in [1.54, 1.807) is 56.9 Å². The fourth-order valence-electron chi connectivity index (χ4n) is 5.80. The Kier molecular flexibility index (Phi) is 8.02. The van der Waals surface area contributed by atoms with Gasteiger partial charge in [0.2, 0.25) is 0 Å². The van der Waals surface area contributed by atoms with Crippen LogP contribution >= 0.6 is 11.6 Å². The number of halogens is 3. The maximum Gasteiger partial charge on any atom is 0.435 e. The van der Waals surface area contributed by atoms with Crippen LogP contribution in [0.5, 0.6) is 0 Å². The van der Waals surface area contributed by atoms with Gasteiger partial charge < -0.3 is 14.4 Å². The van der Waals surface area contributed by atoms with Crippen molar-refractivity contribution in [1.82, 2.24) is 19.7 Å². The third-order valence-corrected chi connectivity index (χ3v) is 8.13. The molecule has 1 aromatic carbocycles. The highest BCUT2D eigenvalue weighted by Gasteiger charge is 2.48. The molecule has 5 rings (SSSR count). The number of piperidine rings is 1. The number of aromatic nitrogens is 3. The molecule has 2 aliphatic rings. The fraction of sp³-hybridized carbons (Fsp3) is 0.467. The Balaban J connectivity index is 1.58. The van der Waals surface area contributed by atoms with Crippen molar-refractivity contribution in [3.8, 4) is 0 Å². The normalized spacial score (nSPS) is 20.9. The van der Waals surface area contributed by atoms with Crippen LogP contribution in [0.1, 0.15) is 50.6 Å². The van der Waals surface area contributed by atoms with E-state index in [0.29, 0.717) is 42.3 Å². The predicted octanol–water partition coefficient (Wildman–Crippen LogP) is 5.82. The van der Waals surface area contributed by atoms with E-state index in [-0.39, 0.29) is 36.3 Å². The van der Waals surface area contributed by atoms with Gasteiger partial charge in [0.05, 0.1) is 23.2 Å². The van der Waals surface area contributed by atoms with Gasteiger partial charge in [-0.25, -0.2) is 18.6 Å². The molecule has 2 aliphatic heterocycles. The molecule has 0 saturated carbocycles. The first kappa shape index (κ1) is 29.9. The predicted molar refractivity (Wildman–Crippen MR) is 153 cm³/mol. The minimum absolute atomic E-state index is 0.0309. The third kappa shape index (κ3) is 5.85. The van der Waals surface area contributed by atoms with E-state index in [2.05, 4.69) is 15.0 Å². The summed E-state index contributed by atoms with van der Waals surface area (Å²) in [4.78, 5) is 34.7. The molecule has 1 saturated heterocycles. The highest BCUT2D eigenvalue weighted by atomic mass is 35.5. The van der Waals surface area contributed by atoms with Gasteiger partial charge in [-0.1, -0.05) is 23.7 Å². The van der Waals surface area contributed by atoms with Crippen LogP contribution in [0.15, 0.2) is 36.4 Å². The van der Waals surface area contributed by atoms with Crippen LogP contribution in [0.4, 0.5) is 25.2 Å². The first-order valence-corrected chi connectivity index (χ1v) is 14.2. The number of rotatable bonds is 4. The second-order valence-electron chi connectivity index (χ2n) is 12.0. The molecule has 12 heteroatoms. The number of benzene rings is 1. The van der Waals surface area contributed by atoms with Gasteiger partial charge >= 0.3 is 12.1 Å². The number of fused-ring (bicyclic) bond motifs is 4. The second-order valence-corrected chi connectivity index (χ2v) is 12.4. The molecule has 2 atom stereocenters. The Morgan fingerprint density at radius 1 is 1.17 bits per heavy atom. The molecule has 0 amide bonds. The molecule has 4 heterocycles. The zero-order valence-corrected chi connectivity index (χ0v) is 25.0. The van der Waals surface area contributed by atoms with Crippen LogP contribution in [0, 0.1) is 24.0 Å². The average Bonchev–Trinajstić information content (AvgIpc) is 3.33. The lowest BCUT2D eigenvalue weighted by Gasteiger charge is -2.45. The minimum atomic E-state index is -1.03. The Labute approximate surface area is 248 Å². The van der Waals surface area contributed by atoms with Crippen molar-refractivity contribution >= 4 is 35.3 Å². The molecule has 3 aromatic rings. The third-order valence-electron chi connectivity index (χ3n) is 7.84. The molecule has 224 valence electrons. The molecule has 0 N–H and O–H groups in total. The summed E-state index contributed by atoms with van der Waals surface area (Å²) in [6, 6.07) is 9.14. The smallest absolute Gasteiger partial charge is 0.435 e. The number of hydrogen-bond acceptors (Lipinski definition) is 8. The van der Waals surface area contributed by atoms with E-state index in [1.807, 2.05) is 0 Å². The summed E-state index contributed by atoms with van der Waals surface area (Å²) in [6.45, 7) is 7.97. The van der Waals surface area contributed by atoms with Crippen LogP contribution in [0.25, 0.3) is 0 Å². The number of anilines is 2. The first-order valence-electron chi connectivity index (χ1n) is 13.8. The molecular weight excluding hydrogens is 568 g/mol. The summed E-state index contributed by atoms with van der Waals surface area (Å²) in [5, 5.41) is 4.58. The van der Waals surface area contributed by atoms with Crippen molar-refractivity contribution in [2.45, 2.75) is 65.1 Å². The van der Waals surface area contributed by atoms with E-state index in [0.717, 1.165) is 0 Å². The number of likely N-dealkylation sites (tertiary alicyclic amines) is 1. The number of methoxy groups -OCH3 is 1. The lowest BCUT2D eigenvalue weighted by atomic mass is 9.71. The van der Waals surface area contributed by atoms with Gasteiger partial charge in [-0.15, -0.1) is 5.10 Å². The molecule has 9 nitrogen and oxygen atoms in total. The maximum atomic E-state index is 15.1. The Bertz CT molecular complexity index is 1520. The van der Waals surface area contributed by atoms with Gasteiger partial charge in [-0.05, 0) is 65.3 Å². The number of hydrogen-bond donors (Lipinski definition) is 0. The largest absolute Gasteiger partial charge is 0.469 e. The number of pyridine rings is 1. The summed E-state index contributed by atoms with van der Waals surface area (Å²) in [7, 11) is 1.32. The summed E-state index contributed by atoms with van der Waals surface area (Å²) in [5.41, 5.74) is -0.657. The van der Waals surface area contributed by atoms with E-state index < -0.39 is 34.7 Å². The molecule has 0 aliphatic carbocycles. The lowest BCUT2D eigenvalue weighted by Crippen LogP contribution is -2.54. The second kappa shape index (κ2) is 11.3. The van der Waals surface area contributed by atoms with Crippen LogP contribution in [0.2, 0.25) is 5.02 Å². The Morgan fingerprint density at radius 2 is 1.93 bits per heavy atom. The van der Waals surface area contributed by atoms with Gasteiger partial charge in [-0.2, -0.15) is 4.68 Å². The van der Waals surface area contributed by atoms with Crippen molar-refractivity contribution in [2.24, 2.45) is 5.41 Å². The zero-order valence-electron chi connectivity index (χ0n) is 24.3. The Hall–Kier alpha value is -3.57. The number of esters is 1.